The fourth-order valence-electron chi connectivity index (χ4n) is 1.66. The molecule has 1 aromatic heterocycles. The molecule has 2 rings (SSSR count). The van der Waals surface area contributed by atoms with Crippen LogP contribution in [0.5, 0.6) is 0 Å². The molecule has 0 atom stereocenters. The van der Waals surface area contributed by atoms with Gasteiger partial charge in [-0.3, -0.25) is 0 Å². The van der Waals surface area contributed by atoms with Crippen molar-refractivity contribution in [3.63, 3.8) is 0 Å². The van der Waals surface area contributed by atoms with E-state index in [1.54, 1.807) is 6.07 Å². The van der Waals surface area contributed by atoms with E-state index in [1.165, 1.54) is 6.07 Å². The Kier molecular flexibility index (Phi) is 4.47. The van der Waals surface area contributed by atoms with Gasteiger partial charge in [0.15, 0.2) is 0 Å². The highest BCUT2D eigenvalue weighted by Crippen LogP contribution is 2.36. The molecule has 2 nitrogen and oxygen atoms in total. The summed E-state index contributed by atoms with van der Waals surface area (Å²) < 4.78 is 14.0. The Balaban J connectivity index is 0.000000686. The number of hydrogen-bond donors (Lipinski definition) is 1. The van der Waals surface area contributed by atoms with Gasteiger partial charge in [-0.1, -0.05) is 26.8 Å². The number of nitrogen functional groups attached to an aromatic ring is 1. The Hall–Kier alpha value is -1.60. The number of aryl methyl sites for hydroxylation is 1. The quantitative estimate of drug-likeness (QED) is 0.829. The number of hydrogen-bond acceptors (Lipinski definition) is 3. The molecule has 1 aromatic carbocycles. The van der Waals surface area contributed by atoms with Gasteiger partial charge in [0.1, 0.15) is 16.9 Å². The van der Waals surface area contributed by atoms with Crippen molar-refractivity contribution in [1.82, 2.24) is 0 Å². The number of rotatable bonds is 1. The van der Waals surface area contributed by atoms with Crippen LogP contribution in [0.15, 0.2) is 12.1 Å². The van der Waals surface area contributed by atoms with Crippen LogP contribution >= 0.6 is 11.3 Å². The number of nitrogens with zero attached hydrogens (tertiary/aromatic N) is 1. The minimum Gasteiger partial charge on any atom is -0.389 e. The minimum atomic E-state index is -0.305. The van der Waals surface area contributed by atoms with Gasteiger partial charge in [-0.2, -0.15) is 5.26 Å². The Morgan fingerprint density at radius 2 is 2.06 bits per heavy atom. The van der Waals surface area contributed by atoms with E-state index in [2.05, 4.69) is 0 Å². The van der Waals surface area contributed by atoms with Crippen molar-refractivity contribution >= 4 is 26.4 Å². The molecule has 90 valence electrons. The molecule has 4 heteroatoms. The molecule has 0 spiro atoms. The summed E-state index contributed by atoms with van der Waals surface area (Å²) in [4.78, 5) is 0. The summed E-state index contributed by atoms with van der Waals surface area (Å²) in [6.07, 6.45) is 0.766. The SMILES string of the molecule is CC.CCc1ccc(F)c2sc(N)c(C#N)c12. The molecule has 0 aliphatic heterocycles. The lowest BCUT2D eigenvalue weighted by atomic mass is 10.0. The lowest BCUT2D eigenvalue weighted by Gasteiger charge is -2.00. The molecule has 0 bridgehead atoms. The number of nitrogens with two attached hydrogens (primary N) is 1. The van der Waals surface area contributed by atoms with E-state index < -0.39 is 0 Å². The second kappa shape index (κ2) is 5.65. The Labute approximate surface area is 104 Å². The highest BCUT2D eigenvalue weighted by Gasteiger charge is 2.15. The van der Waals surface area contributed by atoms with Gasteiger partial charge in [-0.15, -0.1) is 11.3 Å². The first-order chi connectivity index (χ1) is 8.19. The second-order valence-electron chi connectivity index (χ2n) is 3.22. The lowest BCUT2D eigenvalue weighted by Crippen LogP contribution is -1.87. The van der Waals surface area contributed by atoms with Crippen LogP contribution in [0.3, 0.4) is 0 Å². The van der Waals surface area contributed by atoms with Gasteiger partial charge >= 0.3 is 0 Å². The number of benzene rings is 1. The normalized spacial score (nSPS) is 9.59. The van der Waals surface area contributed by atoms with Crippen LogP contribution in [-0.2, 0) is 6.42 Å². The van der Waals surface area contributed by atoms with E-state index in [9.17, 15) is 4.39 Å². The number of thiophene rings is 1. The van der Waals surface area contributed by atoms with Gasteiger partial charge in [0, 0.05) is 5.39 Å². The van der Waals surface area contributed by atoms with Gasteiger partial charge in [-0.05, 0) is 18.1 Å². The largest absolute Gasteiger partial charge is 0.389 e. The summed E-state index contributed by atoms with van der Waals surface area (Å²) in [5.41, 5.74) is 7.06. The van der Waals surface area contributed by atoms with Crippen LogP contribution in [-0.4, -0.2) is 0 Å². The van der Waals surface area contributed by atoms with Gasteiger partial charge in [0.25, 0.3) is 0 Å². The zero-order valence-corrected chi connectivity index (χ0v) is 11.0. The minimum absolute atomic E-state index is 0.305. The summed E-state index contributed by atoms with van der Waals surface area (Å²) in [6, 6.07) is 5.18. The van der Waals surface area contributed by atoms with Crippen LogP contribution in [0, 0.1) is 17.1 Å². The van der Waals surface area contributed by atoms with E-state index in [4.69, 9.17) is 11.0 Å². The molecule has 17 heavy (non-hydrogen) atoms. The maximum Gasteiger partial charge on any atom is 0.141 e. The molecule has 2 aromatic rings. The fourth-order valence-corrected chi connectivity index (χ4v) is 2.63. The van der Waals surface area contributed by atoms with Crippen LogP contribution in [0.2, 0.25) is 0 Å². The summed E-state index contributed by atoms with van der Waals surface area (Å²) in [6.45, 7) is 5.97. The zero-order valence-electron chi connectivity index (χ0n) is 10.2. The molecule has 0 aliphatic rings. The van der Waals surface area contributed by atoms with Crippen LogP contribution in [0.25, 0.3) is 10.1 Å². The molecule has 0 amide bonds. The molecular weight excluding hydrogens is 235 g/mol. The fraction of sp³-hybridized carbons (Fsp3) is 0.308. The summed E-state index contributed by atoms with van der Waals surface area (Å²) in [5, 5.41) is 10.0. The number of fused-ring (bicyclic) bond motifs is 1. The lowest BCUT2D eigenvalue weighted by molar-refractivity contribution is 0.641. The van der Waals surface area contributed by atoms with E-state index in [0.717, 1.165) is 23.3 Å². The average Bonchev–Trinajstić information content (AvgIpc) is 2.70. The third-order valence-corrected chi connectivity index (χ3v) is 3.42. The van der Waals surface area contributed by atoms with Crippen molar-refractivity contribution < 1.29 is 4.39 Å². The van der Waals surface area contributed by atoms with Gasteiger partial charge in [0.05, 0.1) is 10.3 Å². The van der Waals surface area contributed by atoms with Gasteiger partial charge in [0.2, 0.25) is 0 Å². The van der Waals surface area contributed by atoms with Crippen molar-refractivity contribution in [2.24, 2.45) is 0 Å². The summed E-state index contributed by atoms with van der Waals surface area (Å²) in [7, 11) is 0. The molecule has 1 heterocycles. The van der Waals surface area contributed by atoms with Crippen molar-refractivity contribution in [2.75, 3.05) is 5.73 Å². The van der Waals surface area contributed by atoms with Crippen molar-refractivity contribution in [3.05, 3.63) is 29.1 Å². The van der Waals surface area contributed by atoms with Crippen molar-refractivity contribution in [1.29, 1.82) is 5.26 Å². The van der Waals surface area contributed by atoms with Gasteiger partial charge < -0.3 is 5.73 Å². The molecular formula is C13H15FN2S. The van der Waals surface area contributed by atoms with Crippen LogP contribution < -0.4 is 5.73 Å². The first kappa shape index (κ1) is 13.5. The first-order valence-corrected chi connectivity index (χ1v) is 6.40. The molecule has 0 aliphatic carbocycles. The third-order valence-electron chi connectivity index (χ3n) is 2.40. The summed E-state index contributed by atoms with van der Waals surface area (Å²) in [5.74, 6) is -0.305. The van der Waals surface area contributed by atoms with Gasteiger partial charge in [-0.25, -0.2) is 4.39 Å². The number of anilines is 1. The number of nitriles is 1. The molecule has 0 fully saturated rings. The maximum atomic E-state index is 13.5. The highest BCUT2D eigenvalue weighted by molar-refractivity contribution is 7.23. The predicted octanol–water partition coefficient (Wildman–Crippen LogP) is 4.08. The average molecular weight is 250 g/mol. The number of halogens is 1. The van der Waals surface area contributed by atoms with Crippen molar-refractivity contribution in [2.45, 2.75) is 27.2 Å². The molecule has 0 radical (unpaired) electrons. The zero-order chi connectivity index (χ0) is 13.0. The Bertz CT molecular complexity index is 567. The van der Waals surface area contributed by atoms with Crippen LogP contribution in [0.1, 0.15) is 31.9 Å². The highest BCUT2D eigenvalue weighted by atomic mass is 32.1. The smallest absolute Gasteiger partial charge is 0.141 e. The van der Waals surface area contributed by atoms with E-state index in [1.807, 2.05) is 26.8 Å². The topological polar surface area (TPSA) is 49.8 Å². The standard InChI is InChI=1S/C11H9FN2S.C2H6/c1-2-6-3-4-8(12)10-9(6)7(5-13)11(14)15-10;1-2/h3-4H,2,14H2,1H3;1-2H3. The molecule has 0 unspecified atom stereocenters. The van der Waals surface area contributed by atoms with Crippen LogP contribution in [0.4, 0.5) is 9.39 Å². The monoisotopic (exact) mass is 250 g/mol. The molecule has 2 N–H and O–H groups in total. The van der Waals surface area contributed by atoms with E-state index >= 15 is 0 Å². The summed E-state index contributed by atoms with van der Waals surface area (Å²) >= 11 is 1.14. The Morgan fingerprint density at radius 3 is 2.59 bits per heavy atom. The third kappa shape index (κ3) is 2.25. The first-order valence-electron chi connectivity index (χ1n) is 5.58. The Morgan fingerprint density at radius 1 is 1.41 bits per heavy atom. The molecule has 0 saturated carbocycles. The molecule has 0 saturated heterocycles. The predicted molar refractivity (Wildman–Crippen MR) is 71.6 cm³/mol. The maximum absolute atomic E-state index is 13.5. The van der Waals surface area contributed by atoms with E-state index in [-0.39, 0.29) is 5.82 Å². The second-order valence-corrected chi connectivity index (χ2v) is 4.27. The van der Waals surface area contributed by atoms with Crippen molar-refractivity contribution in [3.8, 4) is 6.07 Å². The van der Waals surface area contributed by atoms with E-state index in [0.29, 0.717) is 20.7 Å².